The van der Waals surface area contributed by atoms with Crippen LogP contribution >= 0.6 is 0 Å². The number of hydrogen-bond donors (Lipinski definition) is 1. The smallest absolute Gasteiger partial charge is 0.342 e. The van der Waals surface area contributed by atoms with E-state index in [-0.39, 0.29) is 29.7 Å². The quantitative estimate of drug-likeness (QED) is 0.822. The number of ether oxygens (including phenoxy) is 2. The number of esters is 1. The summed E-state index contributed by atoms with van der Waals surface area (Å²) in [6.07, 6.45) is -2.25. The molecular formula is C15H14F2N4O4. The van der Waals surface area contributed by atoms with E-state index in [0.29, 0.717) is 5.69 Å². The number of alkyl halides is 2. The second-order valence-electron chi connectivity index (χ2n) is 5.26. The molecule has 3 rings (SSSR count). The van der Waals surface area contributed by atoms with Crippen molar-refractivity contribution in [1.82, 2.24) is 14.8 Å². The number of carbonyl (C=O) groups is 2. The van der Waals surface area contributed by atoms with Crippen molar-refractivity contribution < 1.29 is 27.8 Å². The van der Waals surface area contributed by atoms with Crippen molar-refractivity contribution in [2.24, 2.45) is 0 Å². The van der Waals surface area contributed by atoms with Crippen LogP contribution in [0.5, 0.6) is 5.75 Å². The van der Waals surface area contributed by atoms with E-state index in [2.05, 4.69) is 15.4 Å². The number of para-hydroxylation sites is 1. The maximum Gasteiger partial charge on any atom is 0.342 e. The van der Waals surface area contributed by atoms with Gasteiger partial charge >= 0.3 is 5.97 Å². The first-order valence-corrected chi connectivity index (χ1v) is 7.38. The number of rotatable bonds is 5. The molecule has 2 aromatic rings. The van der Waals surface area contributed by atoms with E-state index in [4.69, 9.17) is 9.47 Å². The van der Waals surface area contributed by atoms with Crippen molar-refractivity contribution in [1.29, 1.82) is 0 Å². The van der Waals surface area contributed by atoms with Gasteiger partial charge in [0.2, 0.25) is 0 Å². The molecule has 1 atom stereocenters. The first-order chi connectivity index (χ1) is 12.0. The molecule has 0 spiro atoms. The minimum atomic E-state index is -2.60. The number of fused-ring (bicyclic) bond motifs is 1. The first-order valence-electron chi connectivity index (χ1n) is 7.38. The van der Waals surface area contributed by atoms with Gasteiger partial charge < -0.3 is 14.8 Å². The normalized spacial score (nSPS) is 16.2. The van der Waals surface area contributed by atoms with E-state index < -0.39 is 25.0 Å². The SMILES string of the molecule is C[C@@H]1Oc2c(cccc2C(=O)OCc2ncnn2CC(F)F)NC1=O. The summed E-state index contributed by atoms with van der Waals surface area (Å²) in [5.41, 5.74) is 0.475. The molecule has 1 N–H and O–H groups in total. The maximum atomic E-state index is 12.5. The highest BCUT2D eigenvalue weighted by Gasteiger charge is 2.28. The Morgan fingerprint density at radius 2 is 2.28 bits per heavy atom. The van der Waals surface area contributed by atoms with Crippen LogP contribution in [0.4, 0.5) is 14.5 Å². The fraction of sp³-hybridized carbons (Fsp3) is 0.333. The summed E-state index contributed by atoms with van der Waals surface area (Å²) in [7, 11) is 0. The fourth-order valence-electron chi connectivity index (χ4n) is 2.28. The zero-order valence-corrected chi connectivity index (χ0v) is 13.1. The van der Waals surface area contributed by atoms with E-state index in [1.807, 2.05) is 0 Å². The van der Waals surface area contributed by atoms with Gasteiger partial charge in [-0.25, -0.2) is 23.2 Å². The fourth-order valence-corrected chi connectivity index (χ4v) is 2.28. The molecule has 1 aromatic carbocycles. The molecule has 0 radical (unpaired) electrons. The molecule has 0 aliphatic carbocycles. The maximum absolute atomic E-state index is 12.5. The Morgan fingerprint density at radius 1 is 1.48 bits per heavy atom. The molecule has 0 unspecified atom stereocenters. The molecule has 0 saturated carbocycles. The first kappa shape index (κ1) is 16.8. The monoisotopic (exact) mass is 352 g/mol. The summed E-state index contributed by atoms with van der Waals surface area (Å²) in [5.74, 6) is -0.750. The van der Waals surface area contributed by atoms with Crippen molar-refractivity contribution in [2.75, 3.05) is 5.32 Å². The molecule has 0 fully saturated rings. The summed E-state index contributed by atoms with van der Waals surface area (Å²) >= 11 is 0. The summed E-state index contributed by atoms with van der Waals surface area (Å²) in [5, 5.41) is 6.28. The highest BCUT2D eigenvalue weighted by Crippen LogP contribution is 2.33. The largest absolute Gasteiger partial charge is 0.478 e. The Hall–Kier alpha value is -3.04. The van der Waals surface area contributed by atoms with Crippen LogP contribution in [0, 0.1) is 0 Å². The third kappa shape index (κ3) is 3.57. The Balaban J connectivity index is 1.74. The molecule has 8 nitrogen and oxygen atoms in total. The van der Waals surface area contributed by atoms with Gasteiger partial charge in [-0.1, -0.05) is 6.07 Å². The van der Waals surface area contributed by atoms with Crippen LogP contribution < -0.4 is 10.1 Å². The number of nitrogens with one attached hydrogen (secondary N) is 1. The molecule has 10 heteroatoms. The van der Waals surface area contributed by atoms with Crippen molar-refractivity contribution in [3.63, 3.8) is 0 Å². The lowest BCUT2D eigenvalue weighted by atomic mass is 10.1. The minimum Gasteiger partial charge on any atom is -0.478 e. The van der Waals surface area contributed by atoms with Gasteiger partial charge in [-0.15, -0.1) is 0 Å². The standard InChI is InChI=1S/C15H14F2N4O4/c1-8-14(22)20-10-4-2-3-9(13(10)25-8)15(23)24-6-12-18-7-19-21(12)5-11(16)17/h2-4,7-8,11H,5-6H2,1H3,(H,20,22)/t8-/m0/s1. The third-order valence-electron chi connectivity index (χ3n) is 3.50. The highest BCUT2D eigenvalue weighted by molar-refractivity contribution is 6.02. The Bertz CT molecular complexity index is 809. The van der Waals surface area contributed by atoms with E-state index in [1.165, 1.54) is 6.07 Å². The molecule has 1 aliphatic rings. The lowest BCUT2D eigenvalue weighted by Gasteiger charge is -2.24. The third-order valence-corrected chi connectivity index (χ3v) is 3.50. The van der Waals surface area contributed by atoms with Crippen molar-refractivity contribution in [2.45, 2.75) is 32.6 Å². The summed E-state index contributed by atoms with van der Waals surface area (Å²) in [6.45, 7) is 0.588. The van der Waals surface area contributed by atoms with Crippen molar-refractivity contribution in [3.8, 4) is 5.75 Å². The van der Waals surface area contributed by atoms with E-state index in [0.717, 1.165) is 11.0 Å². The number of aromatic nitrogens is 3. The number of nitrogens with zero attached hydrogens (tertiary/aromatic N) is 3. The van der Waals surface area contributed by atoms with Gasteiger partial charge in [-0.3, -0.25) is 4.79 Å². The highest BCUT2D eigenvalue weighted by atomic mass is 19.3. The predicted molar refractivity (Wildman–Crippen MR) is 80.3 cm³/mol. The van der Waals surface area contributed by atoms with E-state index >= 15 is 0 Å². The van der Waals surface area contributed by atoms with Crippen LogP contribution in [-0.4, -0.2) is 39.2 Å². The lowest BCUT2D eigenvalue weighted by molar-refractivity contribution is -0.122. The zero-order valence-electron chi connectivity index (χ0n) is 13.1. The Labute approximate surface area is 140 Å². The van der Waals surface area contributed by atoms with Gasteiger partial charge in [-0.2, -0.15) is 5.10 Å². The predicted octanol–water partition coefficient (Wildman–Crippen LogP) is 1.62. The van der Waals surface area contributed by atoms with Gasteiger partial charge in [0.05, 0.1) is 5.69 Å². The number of hydrogen-bond acceptors (Lipinski definition) is 6. The van der Waals surface area contributed by atoms with Gasteiger partial charge in [0, 0.05) is 0 Å². The van der Waals surface area contributed by atoms with Crippen LogP contribution in [-0.2, 0) is 22.7 Å². The lowest BCUT2D eigenvalue weighted by Crippen LogP contribution is -2.35. The summed E-state index contributed by atoms with van der Waals surface area (Å²) < 4.78 is 36.5. The van der Waals surface area contributed by atoms with Crippen LogP contribution in [0.3, 0.4) is 0 Å². The zero-order chi connectivity index (χ0) is 18.0. The van der Waals surface area contributed by atoms with Gasteiger partial charge in [0.15, 0.2) is 24.3 Å². The number of carbonyl (C=O) groups excluding carboxylic acids is 2. The topological polar surface area (TPSA) is 95.3 Å². The molecule has 25 heavy (non-hydrogen) atoms. The Kier molecular flexibility index (Phi) is 4.59. The number of halogens is 2. The molecule has 1 amide bonds. The molecule has 1 aliphatic heterocycles. The molecule has 2 heterocycles. The molecule has 1 aromatic heterocycles. The second-order valence-corrected chi connectivity index (χ2v) is 5.26. The van der Waals surface area contributed by atoms with Crippen LogP contribution in [0.2, 0.25) is 0 Å². The molecular weight excluding hydrogens is 338 g/mol. The van der Waals surface area contributed by atoms with Crippen molar-refractivity contribution >= 4 is 17.6 Å². The Morgan fingerprint density at radius 3 is 3.04 bits per heavy atom. The van der Waals surface area contributed by atoms with Gasteiger partial charge in [-0.05, 0) is 19.1 Å². The summed E-state index contributed by atoms with van der Waals surface area (Å²) in [4.78, 5) is 27.7. The number of benzene rings is 1. The molecule has 132 valence electrons. The number of amides is 1. The molecule has 0 saturated heterocycles. The average molecular weight is 352 g/mol. The minimum absolute atomic E-state index is 0.0982. The van der Waals surface area contributed by atoms with Crippen LogP contribution in [0.15, 0.2) is 24.5 Å². The van der Waals surface area contributed by atoms with Crippen LogP contribution in [0.1, 0.15) is 23.1 Å². The average Bonchev–Trinajstić information content (AvgIpc) is 2.99. The van der Waals surface area contributed by atoms with Gasteiger partial charge in [0.25, 0.3) is 12.3 Å². The van der Waals surface area contributed by atoms with Gasteiger partial charge in [0.1, 0.15) is 18.4 Å². The van der Waals surface area contributed by atoms with Crippen LogP contribution in [0.25, 0.3) is 0 Å². The molecule has 0 bridgehead atoms. The second kappa shape index (κ2) is 6.83. The van der Waals surface area contributed by atoms with E-state index in [1.54, 1.807) is 19.1 Å². The summed E-state index contributed by atoms with van der Waals surface area (Å²) in [6, 6.07) is 4.64. The van der Waals surface area contributed by atoms with E-state index in [9.17, 15) is 18.4 Å². The van der Waals surface area contributed by atoms with Crippen molar-refractivity contribution in [3.05, 3.63) is 35.9 Å². The number of anilines is 1.